The van der Waals surface area contributed by atoms with Crippen molar-refractivity contribution < 1.29 is 51.0 Å². The third kappa shape index (κ3) is 9.40. The number of anilines is 1. The molecule has 2 amide bonds. The molecule has 2 aliphatic heterocycles. The summed E-state index contributed by atoms with van der Waals surface area (Å²) < 4.78 is 45.8. The minimum Gasteiger partial charge on any atom is -0.494 e. The van der Waals surface area contributed by atoms with E-state index in [0.29, 0.717) is 23.3 Å². The number of carboxylic acids is 1. The van der Waals surface area contributed by atoms with Crippen molar-refractivity contribution in [2.75, 3.05) is 32.0 Å². The molecule has 1 aromatic carbocycles. The molecule has 0 spiro atoms. The highest BCUT2D eigenvalue weighted by Gasteiger charge is 2.58. The highest BCUT2D eigenvalue weighted by molar-refractivity contribution is 7.80. The maximum Gasteiger partial charge on any atom is 0.418 e. The predicted molar refractivity (Wildman–Crippen MR) is 186 cm³/mol. The largest absolute Gasteiger partial charge is 0.494 e. The third-order valence-corrected chi connectivity index (χ3v) is 9.53. The summed E-state index contributed by atoms with van der Waals surface area (Å²) >= 11 is 0.979. The van der Waals surface area contributed by atoms with E-state index < -0.39 is 51.6 Å². The molecule has 2 fully saturated rings. The Hall–Kier alpha value is -4.67. The van der Waals surface area contributed by atoms with E-state index in [-0.39, 0.29) is 30.3 Å². The predicted octanol–water partition coefficient (Wildman–Crippen LogP) is -0.0774. The number of oxime groups is 1. The number of hydrogen-bond acceptors (Lipinski definition) is 14. The molecule has 2 saturated heterocycles. The Morgan fingerprint density at radius 1 is 1.23 bits per heavy atom. The number of aryl methyl sites for hydroxylation is 1. The summed E-state index contributed by atoms with van der Waals surface area (Å²) in [6.45, 7) is 7.30. The van der Waals surface area contributed by atoms with E-state index in [1.165, 1.54) is 19.2 Å². The summed E-state index contributed by atoms with van der Waals surface area (Å²) in [6, 6.07) is 6.29. The Bertz CT molecular complexity index is 1890. The number of carbonyl (C=O) groups is 3. The topological polar surface area (TPSA) is 267 Å². The number of hydrogen-bond donors (Lipinski definition) is 6. The second kappa shape index (κ2) is 16.3. The van der Waals surface area contributed by atoms with Crippen molar-refractivity contribution in [1.29, 1.82) is 0 Å². The molecule has 0 aliphatic carbocycles. The van der Waals surface area contributed by atoms with Gasteiger partial charge >= 0.3 is 16.4 Å². The monoisotopic (exact) mass is 764 g/mol. The molecule has 2 atom stereocenters. The van der Waals surface area contributed by atoms with Gasteiger partial charge in [0, 0.05) is 30.8 Å². The number of nitrogens with two attached hydrogens (primary N) is 2. The van der Waals surface area contributed by atoms with E-state index in [9.17, 15) is 27.9 Å². The molecule has 2 aliphatic rings. The maximum absolute atomic E-state index is 13.3. The number of rotatable bonds is 19. The molecule has 19 nitrogen and oxygen atoms in total. The van der Waals surface area contributed by atoms with Gasteiger partial charge in [-0.05, 0) is 50.9 Å². The first-order valence-corrected chi connectivity index (χ1v) is 18.6. The number of carbonyl (C=O) groups excluding carboxylic acids is 2. The fourth-order valence-corrected chi connectivity index (χ4v) is 6.56. The van der Waals surface area contributed by atoms with Crippen molar-refractivity contribution in [2.45, 2.75) is 63.9 Å². The third-order valence-electron chi connectivity index (χ3n) is 8.52. The van der Waals surface area contributed by atoms with Crippen LogP contribution < -0.4 is 31.5 Å². The van der Waals surface area contributed by atoms with E-state index in [2.05, 4.69) is 46.8 Å². The van der Waals surface area contributed by atoms with E-state index in [4.69, 9.17) is 25.6 Å². The molecule has 21 heteroatoms. The summed E-state index contributed by atoms with van der Waals surface area (Å²) in [5.74, 6) is -2.12. The summed E-state index contributed by atoms with van der Waals surface area (Å²) in [5.41, 5.74) is 11.6. The van der Waals surface area contributed by atoms with Gasteiger partial charge in [0.15, 0.2) is 17.4 Å². The van der Waals surface area contributed by atoms with Crippen molar-refractivity contribution in [2.24, 2.45) is 16.8 Å². The van der Waals surface area contributed by atoms with Crippen molar-refractivity contribution in [3.63, 3.8) is 0 Å². The fourth-order valence-electron chi connectivity index (χ4n) is 5.56. The van der Waals surface area contributed by atoms with Gasteiger partial charge in [-0.2, -0.15) is 18.2 Å². The summed E-state index contributed by atoms with van der Waals surface area (Å²) in [4.78, 5) is 47.1. The molecule has 0 bridgehead atoms. The van der Waals surface area contributed by atoms with Gasteiger partial charge in [-0.1, -0.05) is 17.3 Å². The molecule has 0 radical (unpaired) electrons. The molecule has 3 aromatic rings. The lowest BCUT2D eigenvalue weighted by atomic mass is 9.84. The molecular formula is C31H42N9O10S2+. The first-order valence-electron chi connectivity index (χ1n) is 16.4. The lowest BCUT2D eigenvalue weighted by Gasteiger charge is -2.50. The standard InChI is InChI=1S/C31H41N9O10S2/c1-31(2)26(28(42)40(31)50-52(45,46)47)36-27(41)25(23-18-51-30(33)35-23)37-49-24(29(43)44)5-3-12-48-22-8-6-20(7-9-22)21-16-38(11-4-10-32)39(17-21)15-19-13-34-14-19/h6-9,16-19,24,26,34H,3-5,10-15,32H2,1-2H3,(H4-,33,35,36,41,43,44,45,46,47)/p+1/t24-,26?/m0/s1. The quantitative estimate of drug-likeness (QED) is 0.0233. The van der Waals surface area contributed by atoms with E-state index in [1.807, 2.05) is 24.3 Å². The number of amides is 2. The van der Waals surface area contributed by atoms with Gasteiger partial charge in [-0.3, -0.25) is 14.1 Å². The Labute approximate surface area is 303 Å². The lowest BCUT2D eigenvalue weighted by molar-refractivity contribution is -0.781. The van der Waals surface area contributed by atoms with Crippen LogP contribution in [0.2, 0.25) is 0 Å². The van der Waals surface area contributed by atoms with Gasteiger partial charge in [0.2, 0.25) is 12.3 Å². The van der Waals surface area contributed by atoms with Gasteiger partial charge in [0.05, 0.1) is 30.5 Å². The maximum atomic E-state index is 13.3. The first kappa shape index (κ1) is 38.6. The van der Waals surface area contributed by atoms with E-state index in [0.717, 1.165) is 55.1 Å². The highest BCUT2D eigenvalue weighted by atomic mass is 32.3. The Morgan fingerprint density at radius 2 is 1.96 bits per heavy atom. The van der Waals surface area contributed by atoms with Crippen LogP contribution in [0.5, 0.6) is 5.75 Å². The number of aromatic nitrogens is 3. The number of nitrogens with zero attached hydrogens (tertiary/aromatic N) is 5. The molecule has 1 unspecified atom stereocenters. The zero-order valence-electron chi connectivity index (χ0n) is 28.5. The van der Waals surface area contributed by atoms with Crippen LogP contribution in [0, 0.1) is 5.92 Å². The number of thiazole rings is 1. The normalized spacial score (nSPS) is 18.0. The second-order valence-electron chi connectivity index (χ2n) is 12.8. The average molecular weight is 765 g/mol. The second-order valence-corrected chi connectivity index (χ2v) is 14.7. The van der Waals surface area contributed by atoms with Crippen LogP contribution in [0.25, 0.3) is 11.1 Å². The Balaban J connectivity index is 1.17. The number of benzene rings is 1. The van der Waals surface area contributed by atoms with Crippen molar-refractivity contribution in [1.82, 2.24) is 25.4 Å². The molecule has 8 N–H and O–H groups in total. The van der Waals surface area contributed by atoms with Crippen molar-refractivity contribution in [3.05, 3.63) is 47.7 Å². The number of carboxylic acid groups (broad SMARTS) is 1. The number of hydroxylamine groups is 2. The molecule has 2 aromatic heterocycles. The fraction of sp³-hybridized carbons (Fsp3) is 0.484. The van der Waals surface area contributed by atoms with Gasteiger partial charge in [-0.15, -0.1) is 20.3 Å². The lowest BCUT2D eigenvalue weighted by Crippen LogP contribution is -2.76. The summed E-state index contributed by atoms with van der Waals surface area (Å²) in [7, 11) is -5.01. The minimum atomic E-state index is -5.01. The zero-order valence-corrected chi connectivity index (χ0v) is 30.1. The first-order chi connectivity index (χ1) is 24.7. The van der Waals surface area contributed by atoms with Crippen molar-refractivity contribution >= 4 is 50.4 Å². The van der Waals surface area contributed by atoms with Crippen LogP contribution in [0.1, 0.15) is 38.8 Å². The molecule has 5 rings (SSSR count). The van der Waals surface area contributed by atoms with Crippen LogP contribution in [0.4, 0.5) is 5.13 Å². The zero-order chi connectivity index (χ0) is 37.6. The summed E-state index contributed by atoms with van der Waals surface area (Å²) in [5, 5.41) is 21.1. The molecule has 0 saturated carbocycles. The van der Waals surface area contributed by atoms with Gasteiger partial charge in [0.25, 0.3) is 11.8 Å². The highest BCUT2D eigenvalue weighted by Crippen LogP contribution is 2.33. The van der Waals surface area contributed by atoms with E-state index in [1.54, 1.807) is 0 Å². The van der Waals surface area contributed by atoms with Gasteiger partial charge < -0.3 is 36.8 Å². The number of nitrogen functional groups attached to an aromatic ring is 1. The molecule has 4 heterocycles. The Kier molecular flexibility index (Phi) is 12.1. The number of ether oxygens (including phenoxy) is 1. The molecular weight excluding hydrogens is 723 g/mol. The number of β-lactam (4-membered cyclic amide) rings is 1. The number of nitrogens with one attached hydrogen (secondary N) is 2. The van der Waals surface area contributed by atoms with Gasteiger partial charge in [-0.25, -0.2) is 9.78 Å². The number of aliphatic carboxylic acids is 1. The minimum absolute atomic E-state index is 0.0338. The van der Waals surface area contributed by atoms with E-state index >= 15 is 0 Å². The van der Waals surface area contributed by atoms with Crippen LogP contribution >= 0.6 is 11.3 Å². The van der Waals surface area contributed by atoms with Crippen LogP contribution in [0.3, 0.4) is 0 Å². The average Bonchev–Trinajstić information content (AvgIpc) is 3.69. The Morgan fingerprint density at radius 3 is 2.54 bits per heavy atom. The SMILES string of the molecule is CC1(C)C(NC(=O)C(=NO[C@@H](CCCOc2ccc(-c3cn(CCCN)[n+](CC4CNC4)c3)cc2)C(=O)O)c2csc(N)n2)C(=O)N1OS(=O)(=O)O. The molecule has 282 valence electrons. The van der Waals surface area contributed by atoms with Crippen LogP contribution in [0.15, 0.2) is 47.2 Å². The molecule has 52 heavy (non-hydrogen) atoms. The smallest absolute Gasteiger partial charge is 0.418 e. The van der Waals surface area contributed by atoms with Gasteiger partial charge in [0.1, 0.15) is 17.5 Å². The van der Waals surface area contributed by atoms with Crippen LogP contribution in [-0.4, -0.2) is 100 Å². The van der Waals surface area contributed by atoms with Crippen LogP contribution in [-0.2, 0) is 47.0 Å². The summed E-state index contributed by atoms with van der Waals surface area (Å²) in [6.07, 6.45) is 3.88. The van der Waals surface area contributed by atoms with Crippen molar-refractivity contribution in [3.8, 4) is 16.9 Å².